The minimum Gasteiger partial charge on any atom is -0.384 e. The summed E-state index contributed by atoms with van der Waals surface area (Å²) in [6.07, 6.45) is 2.41. The zero-order valence-electron chi connectivity index (χ0n) is 23.2. The molecule has 6 N–H and O–H groups in total. The second kappa shape index (κ2) is 15.4. The standard InChI is InChI=1S/C30H37N5O4S2.H2/c1-3-41(38,39)35-27(19-21-9-13-24(14-10-21)23-7-5-4-6-8-23)30(37)34-26(17-18-40-2)29(36)33-20-22-11-15-25(16-12-22)28(31)32;/h4-16,26-27,35H,3,17-20H2,1-2H3,(H3,31,32)(H,33,36)(H,34,37);1H/t26-,27+;/m0./s1. The molecule has 0 aliphatic carbocycles. The first kappa shape index (κ1) is 31.9. The number of nitrogens with two attached hydrogens (primary N) is 1. The number of nitrogen functional groups attached to an aromatic ring is 1. The zero-order chi connectivity index (χ0) is 29.8. The molecule has 2 atom stereocenters. The van der Waals surface area contributed by atoms with Gasteiger partial charge in [-0.05, 0) is 54.0 Å². The number of carbonyl (C=O) groups excluding carboxylic acids is 2. The molecule has 11 heteroatoms. The number of benzene rings is 3. The summed E-state index contributed by atoms with van der Waals surface area (Å²) in [5, 5.41) is 13.1. The van der Waals surface area contributed by atoms with Crippen molar-refractivity contribution in [3.8, 4) is 11.1 Å². The quantitative estimate of drug-likeness (QED) is 0.134. The molecular formula is C30H39N5O4S2. The molecule has 0 heterocycles. The molecule has 0 aliphatic heterocycles. The van der Waals surface area contributed by atoms with Crippen LogP contribution in [-0.4, -0.2) is 55.9 Å². The molecule has 2 amide bonds. The number of sulfonamides is 1. The fraction of sp³-hybridized carbons (Fsp3) is 0.300. The molecule has 0 unspecified atom stereocenters. The number of carbonyl (C=O) groups is 2. The lowest BCUT2D eigenvalue weighted by Crippen LogP contribution is -2.54. The molecule has 3 aromatic rings. The van der Waals surface area contributed by atoms with Crippen molar-refractivity contribution in [3.63, 3.8) is 0 Å². The van der Waals surface area contributed by atoms with Crippen molar-refractivity contribution in [1.82, 2.24) is 15.4 Å². The van der Waals surface area contributed by atoms with Crippen LogP contribution in [0.4, 0.5) is 0 Å². The maximum Gasteiger partial charge on any atom is 0.242 e. The van der Waals surface area contributed by atoms with Crippen LogP contribution < -0.4 is 21.1 Å². The van der Waals surface area contributed by atoms with Gasteiger partial charge in [0.1, 0.15) is 17.9 Å². The van der Waals surface area contributed by atoms with Crippen molar-refractivity contribution in [2.45, 2.75) is 38.4 Å². The molecule has 41 heavy (non-hydrogen) atoms. The number of hydrogen-bond acceptors (Lipinski definition) is 6. The highest BCUT2D eigenvalue weighted by atomic mass is 32.2. The highest BCUT2D eigenvalue weighted by molar-refractivity contribution is 7.98. The van der Waals surface area contributed by atoms with Gasteiger partial charge in [-0.25, -0.2) is 13.1 Å². The van der Waals surface area contributed by atoms with E-state index < -0.39 is 28.0 Å². The first-order chi connectivity index (χ1) is 19.6. The Morgan fingerprint density at radius 2 is 1.51 bits per heavy atom. The van der Waals surface area contributed by atoms with Crippen LogP contribution in [0, 0.1) is 5.41 Å². The van der Waals surface area contributed by atoms with Gasteiger partial charge in [-0.3, -0.25) is 15.0 Å². The summed E-state index contributed by atoms with van der Waals surface area (Å²) in [6, 6.07) is 22.5. The van der Waals surface area contributed by atoms with Crippen molar-refractivity contribution in [2.75, 3.05) is 17.8 Å². The van der Waals surface area contributed by atoms with E-state index in [-0.39, 0.29) is 31.9 Å². The summed E-state index contributed by atoms with van der Waals surface area (Å²) < 4.78 is 27.4. The first-order valence-corrected chi connectivity index (χ1v) is 16.3. The number of hydrogen-bond donors (Lipinski definition) is 5. The lowest BCUT2D eigenvalue weighted by molar-refractivity contribution is -0.129. The monoisotopic (exact) mass is 597 g/mol. The van der Waals surface area contributed by atoms with Crippen molar-refractivity contribution in [3.05, 3.63) is 95.6 Å². The average Bonchev–Trinajstić information content (AvgIpc) is 2.98. The predicted molar refractivity (Wildman–Crippen MR) is 168 cm³/mol. The average molecular weight is 598 g/mol. The summed E-state index contributed by atoms with van der Waals surface area (Å²) >= 11 is 1.54. The van der Waals surface area contributed by atoms with Crippen LogP contribution in [-0.2, 0) is 32.6 Å². The van der Waals surface area contributed by atoms with E-state index in [1.165, 1.54) is 6.92 Å². The van der Waals surface area contributed by atoms with Crippen LogP contribution in [0.25, 0.3) is 11.1 Å². The molecule has 0 saturated heterocycles. The Morgan fingerprint density at radius 1 is 0.902 bits per heavy atom. The van der Waals surface area contributed by atoms with Crippen LogP contribution >= 0.6 is 11.8 Å². The minimum atomic E-state index is -3.70. The molecule has 0 radical (unpaired) electrons. The largest absolute Gasteiger partial charge is 0.384 e. The van der Waals surface area contributed by atoms with Gasteiger partial charge in [-0.2, -0.15) is 11.8 Å². The zero-order valence-corrected chi connectivity index (χ0v) is 24.9. The lowest BCUT2D eigenvalue weighted by atomic mass is 10.0. The van der Waals surface area contributed by atoms with Gasteiger partial charge in [0.05, 0.1) is 5.75 Å². The third-order valence-electron chi connectivity index (χ3n) is 6.49. The van der Waals surface area contributed by atoms with E-state index in [1.54, 1.807) is 36.0 Å². The van der Waals surface area contributed by atoms with Gasteiger partial charge in [0.15, 0.2) is 0 Å². The first-order valence-electron chi connectivity index (χ1n) is 13.3. The predicted octanol–water partition coefficient (Wildman–Crippen LogP) is 3.29. The van der Waals surface area contributed by atoms with Gasteiger partial charge in [0.2, 0.25) is 21.8 Å². The third kappa shape index (κ3) is 10.0. The number of amidine groups is 1. The highest BCUT2D eigenvalue weighted by Crippen LogP contribution is 2.20. The smallest absolute Gasteiger partial charge is 0.242 e. The Bertz CT molecular complexity index is 1420. The Labute approximate surface area is 247 Å². The minimum absolute atomic E-state index is 0. The Morgan fingerprint density at radius 3 is 2.10 bits per heavy atom. The maximum atomic E-state index is 13.4. The van der Waals surface area contributed by atoms with Gasteiger partial charge in [0, 0.05) is 13.5 Å². The van der Waals surface area contributed by atoms with Crippen molar-refractivity contribution in [1.29, 1.82) is 5.41 Å². The molecule has 0 fully saturated rings. The summed E-state index contributed by atoms with van der Waals surface area (Å²) in [4.78, 5) is 26.5. The van der Waals surface area contributed by atoms with Crippen LogP contribution in [0.15, 0.2) is 78.9 Å². The number of nitrogens with one attached hydrogen (secondary N) is 4. The van der Waals surface area contributed by atoms with Gasteiger partial charge in [-0.1, -0.05) is 78.9 Å². The van der Waals surface area contributed by atoms with Crippen LogP contribution in [0.3, 0.4) is 0 Å². The summed E-state index contributed by atoms with van der Waals surface area (Å²) in [6.45, 7) is 1.73. The maximum absolute atomic E-state index is 13.4. The number of thioether (sulfide) groups is 1. The molecule has 9 nitrogen and oxygen atoms in total. The molecule has 0 aliphatic rings. The van der Waals surface area contributed by atoms with Gasteiger partial charge < -0.3 is 16.4 Å². The topological polar surface area (TPSA) is 154 Å². The molecule has 3 rings (SSSR count). The Balaban J connectivity index is 0.00000616. The van der Waals surface area contributed by atoms with E-state index in [1.807, 2.05) is 60.9 Å². The van der Waals surface area contributed by atoms with E-state index in [2.05, 4.69) is 15.4 Å². The molecule has 0 saturated carbocycles. The van der Waals surface area contributed by atoms with Gasteiger partial charge in [0.25, 0.3) is 0 Å². The van der Waals surface area contributed by atoms with E-state index in [9.17, 15) is 18.0 Å². The van der Waals surface area contributed by atoms with E-state index >= 15 is 0 Å². The van der Waals surface area contributed by atoms with E-state index in [0.717, 1.165) is 22.3 Å². The number of rotatable bonds is 15. The summed E-state index contributed by atoms with van der Waals surface area (Å²) in [5.74, 6) is -0.532. The third-order valence-corrected chi connectivity index (χ3v) is 8.54. The fourth-order valence-electron chi connectivity index (χ4n) is 4.08. The molecule has 220 valence electrons. The second-order valence-corrected chi connectivity index (χ2v) is 12.5. The molecule has 3 aromatic carbocycles. The summed E-state index contributed by atoms with van der Waals surface area (Å²) in [5.41, 5.74) is 9.73. The normalized spacial score (nSPS) is 12.7. The van der Waals surface area contributed by atoms with E-state index in [0.29, 0.717) is 17.7 Å². The molecule has 0 aromatic heterocycles. The van der Waals surface area contributed by atoms with Crippen molar-refractivity contribution < 1.29 is 19.4 Å². The van der Waals surface area contributed by atoms with Crippen LogP contribution in [0.5, 0.6) is 0 Å². The second-order valence-electron chi connectivity index (χ2n) is 9.51. The SMILES string of the molecule is CCS(=O)(=O)N[C@H](Cc1ccc(-c2ccccc2)cc1)C(=O)N[C@@H](CCSC)C(=O)NCc1ccc(C(=N)N)cc1.[HH]. The van der Waals surface area contributed by atoms with Gasteiger partial charge in [-0.15, -0.1) is 0 Å². The van der Waals surface area contributed by atoms with E-state index in [4.69, 9.17) is 11.1 Å². The summed E-state index contributed by atoms with van der Waals surface area (Å²) in [7, 11) is -3.70. The molecule has 0 bridgehead atoms. The van der Waals surface area contributed by atoms with Crippen molar-refractivity contribution in [2.24, 2.45) is 5.73 Å². The number of amides is 2. The molecule has 0 spiro atoms. The van der Waals surface area contributed by atoms with Crippen LogP contribution in [0.2, 0.25) is 0 Å². The lowest BCUT2D eigenvalue weighted by Gasteiger charge is -2.23. The van der Waals surface area contributed by atoms with Crippen LogP contribution in [0.1, 0.15) is 31.5 Å². The Hall–Kier alpha value is -3.67. The van der Waals surface area contributed by atoms with Crippen molar-refractivity contribution >= 4 is 39.4 Å². The highest BCUT2D eigenvalue weighted by Gasteiger charge is 2.28. The van der Waals surface area contributed by atoms with Gasteiger partial charge >= 0.3 is 0 Å². The molecular weight excluding hydrogens is 558 g/mol. The fourth-order valence-corrected chi connectivity index (χ4v) is 5.34. The Kier molecular flexibility index (Phi) is 11.9.